The van der Waals surface area contributed by atoms with E-state index in [4.69, 9.17) is 11.6 Å². The van der Waals surface area contributed by atoms with Gasteiger partial charge in [-0.3, -0.25) is 4.79 Å². The molecule has 0 saturated heterocycles. The van der Waals surface area contributed by atoms with Crippen molar-refractivity contribution < 1.29 is 4.79 Å². The number of aromatic nitrogens is 1. The number of carbonyl (C=O) groups is 1. The number of anilines is 1. The molecule has 1 aromatic carbocycles. The third-order valence-corrected chi connectivity index (χ3v) is 3.90. The van der Waals surface area contributed by atoms with Crippen LogP contribution in [0.15, 0.2) is 34.9 Å². The lowest BCUT2D eigenvalue weighted by Gasteiger charge is -2.10. The van der Waals surface area contributed by atoms with Gasteiger partial charge < -0.3 is 5.32 Å². The van der Waals surface area contributed by atoms with E-state index in [1.165, 1.54) is 6.20 Å². The third kappa shape index (κ3) is 3.14. The summed E-state index contributed by atoms with van der Waals surface area (Å²) in [5, 5.41) is 3.18. The van der Waals surface area contributed by atoms with Gasteiger partial charge in [0.15, 0.2) is 0 Å². The Balaban J connectivity index is 2.28. The molecular weight excluding hydrogens is 328 g/mol. The van der Waals surface area contributed by atoms with E-state index in [1.54, 1.807) is 6.07 Å². The Morgan fingerprint density at radius 3 is 2.53 bits per heavy atom. The smallest absolute Gasteiger partial charge is 0.256 e. The Kier molecular flexibility index (Phi) is 4.22. The van der Waals surface area contributed by atoms with E-state index in [1.807, 2.05) is 32.0 Å². The third-order valence-electron chi connectivity index (χ3n) is 2.76. The van der Waals surface area contributed by atoms with E-state index in [0.29, 0.717) is 20.9 Å². The summed E-state index contributed by atoms with van der Waals surface area (Å²) in [7, 11) is 0. The molecule has 0 saturated carbocycles. The van der Waals surface area contributed by atoms with Crippen molar-refractivity contribution in [2.45, 2.75) is 13.8 Å². The molecule has 1 aromatic heterocycles. The van der Waals surface area contributed by atoms with Crippen LogP contribution in [0, 0.1) is 13.8 Å². The Morgan fingerprint density at radius 1 is 1.32 bits per heavy atom. The maximum atomic E-state index is 12.3. The van der Waals surface area contributed by atoms with Gasteiger partial charge in [-0.15, -0.1) is 0 Å². The van der Waals surface area contributed by atoms with Gasteiger partial charge in [0.2, 0.25) is 0 Å². The van der Waals surface area contributed by atoms with Gasteiger partial charge in [0.05, 0.1) is 16.4 Å². The summed E-state index contributed by atoms with van der Waals surface area (Å²) in [4.78, 5) is 16.2. The summed E-state index contributed by atoms with van der Waals surface area (Å²) in [6.07, 6.45) is 1.53. The van der Waals surface area contributed by atoms with E-state index < -0.39 is 0 Å². The zero-order valence-electron chi connectivity index (χ0n) is 10.5. The molecule has 98 valence electrons. The highest BCUT2D eigenvalue weighted by Gasteiger charge is 2.12. The fourth-order valence-corrected chi connectivity index (χ4v) is 2.31. The van der Waals surface area contributed by atoms with Crippen molar-refractivity contribution in [3.63, 3.8) is 0 Å². The lowest BCUT2D eigenvalue weighted by atomic mass is 10.0. The zero-order chi connectivity index (χ0) is 14.0. The predicted octanol–water partition coefficient (Wildman–Crippen LogP) is 4.37. The minimum atomic E-state index is -0.147. The Labute approximate surface area is 125 Å². The van der Waals surface area contributed by atoms with Crippen LogP contribution in [0.4, 0.5) is 5.69 Å². The number of carbonyl (C=O) groups excluding carboxylic acids is 1. The van der Waals surface area contributed by atoms with Gasteiger partial charge in [0, 0.05) is 5.56 Å². The first-order valence-corrected chi connectivity index (χ1v) is 6.84. The monoisotopic (exact) mass is 338 g/mol. The molecule has 1 heterocycles. The number of hydrogen-bond donors (Lipinski definition) is 1. The SMILES string of the molecule is Cc1cccc(C)c1C(=O)Nc1cnc(Cl)c(Br)c1. The summed E-state index contributed by atoms with van der Waals surface area (Å²) in [5.74, 6) is -0.147. The number of nitrogens with one attached hydrogen (secondary N) is 1. The number of hydrogen-bond acceptors (Lipinski definition) is 2. The molecule has 0 aliphatic carbocycles. The number of pyridine rings is 1. The summed E-state index contributed by atoms with van der Waals surface area (Å²) >= 11 is 9.09. The number of amides is 1. The first kappa shape index (κ1) is 14.0. The lowest BCUT2D eigenvalue weighted by molar-refractivity contribution is 0.102. The minimum absolute atomic E-state index is 0.147. The quantitative estimate of drug-likeness (QED) is 0.826. The van der Waals surface area contributed by atoms with Crippen LogP contribution in [0.1, 0.15) is 21.5 Å². The second-order valence-corrected chi connectivity index (χ2v) is 5.43. The average molecular weight is 340 g/mol. The van der Waals surface area contributed by atoms with Gasteiger partial charge in [-0.25, -0.2) is 4.98 Å². The van der Waals surface area contributed by atoms with Crippen molar-refractivity contribution in [2.24, 2.45) is 0 Å². The first-order valence-electron chi connectivity index (χ1n) is 5.67. The van der Waals surface area contributed by atoms with E-state index in [0.717, 1.165) is 11.1 Å². The molecule has 0 radical (unpaired) electrons. The number of aryl methyl sites for hydroxylation is 2. The second-order valence-electron chi connectivity index (χ2n) is 4.22. The summed E-state index contributed by atoms with van der Waals surface area (Å²) in [5.41, 5.74) is 3.18. The highest BCUT2D eigenvalue weighted by molar-refractivity contribution is 9.10. The Hall–Kier alpha value is -1.39. The Bertz CT molecular complexity index is 623. The van der Waals surface area contributed by atoms with Crippen molar-refractivity contribution in [3.05, 3.63) is 56.8 Å². The molecule has 2 rings (SSSR count). The maximum Gasteiger partial charge on any atom is 0.256 e. The second kappa shape index (κ2) is 5.72. The van der Waals surface area contributed by atoms with Gasteiger partial charge in [-0.2, -0.15) is 0 Å². The predicted molar refractivity (Wildman–Crippen MR) is 80.8 cm³/mol. The molecule has 0 spiro atoms. The maximum absolute atomic E-state index is 12.3. The van der Waals surface area contributed by atoms with Gasteiger partial charge in [-0.1, -0.05) is 29.8 Å². The topological polar surface area (TPSA) is 42.0 Å². The molecule has 0 bridgehead atoms. The van der Waals surface area contributed by atoms with Crippen molar-refractivity contribution in [2.75, 3.05) is 5.32 Å². The van der Waals surface area contributed by atoms with Crippen molar-refractivity contribution >= 4 is 39.1 Å². The van der Waals surface area contributed by atoms with Crippen LogP contribution in [0.25, 0.3) is 0 Å². The lowest BCUT2D eigenvalue weighted by Crippen LogP contribution is -2.15. The molecule has 1 N–H and O–H groups in total. The molecule has 19 heavy (non-hydrogen) atoms. The molecule has 0 aliphatic heterocycles. The molecule has 1 amide bonds. The van der Waals surface area contributed by atoms with Crippen LogP contribution in [0.3, 0.4) is 0 Å². The van der Waals surface area contributed by atoms with Crippen LogP contribution in [-0.2, 0) is 0 Å². The summed E-state index contributed by atoms with van der Waals surface area (Å²) < 4.78 is 0.647. The molecule has 2 aromatic rings. The van der Waals surface area contributed by atoms with E-state index >= 15 is 0 Å². The molecule has 0 fully saturated rings. The number of benzene rings is 1. The normalized spacial score (nSPS) is 10.3. The van der Waals surface area contributed by atoms with Crippen LogP contribution in [0.5, 0.6) is 0 Å². The van der Waals surface area contributed by atoms with Crippen molar-refractivity contribution in [1.82, 2.24) is 4.98 Å². The summed E-state index contributed by atoms with van der Waals surface area (Å²) in [6.45, 7) is 3.83. The highest BCUT2D eigenvalue weighted by Crippen LogP contribution is 2.23. The summed E-state index contributed by atoms with van der Waals surface area (Å²) in [6, 6.07) is 7.48. The Morgan fingerprint density at radius 2 is 1.95 bits per heavy atom. The number of nitrogens with zero attached hydrogens (tertiary/aromatic N) is 1. The standard InChI is InChI=1S/C14H12BrClN2O/c1-8-4-3-5-9(2)12(8)14(19)18-10-6-11(15)13(16)17-7-10/h3-7H,1-2H3,(H,18,19). The fraction of sp³-hybridized carbons (Fsp3) is 0.143. The molecule has 0 unspecified atom stereocenters. The van der Waals surface area contributed by atoms with Crippen molar-refractivity contribution in [1.29, 1.82) is 0 Å². The van der Waals surface area contributed by atoms with Crippen molar-refractivity contribution in [3.8, 4) is 0 Å². The van der Waals surface area contributed by atoms with Crippen LogP contribution in [-0.4, -0.2) is 10.9 Å². The molecular formula is C14H12BrClN2O. The van der Waals surface area contributed by atoms with Crippen LogP contribution < -0.4 is 5.32 Å². The van der Waals surface area contributed by atoms with Crippen LogP contribution >= 0.6 is 27.5 Å². The van der Waals surface area contributed by atoms with E-state index in [2.05, 4.69) is 26.2 Å². The largest absolute Gasteiger partial charge is 0.321 e. The van der Waals surface area contributed by atoms with Gasteiger partial charge in [0.1, 0.15) is 5.15 Å². The molecule has 5 heteroatoms. The van der Waals surface area contributed by atoms with Crippen LogP contribution in [0.2, 0.25) is 5.15 Å². The van der Waals surface area contributed by atoms with Gasteiger partial charge in [0.25, 0.3) is 5.91 Å². The number of rotatable bonds is 2. The molecule has 0 aliphatic rings. The first-order chi connectivity index (χ1) is 8.99. The number of halogens is 2. The van der Waals surface area contributed by atoms with E-state index in [-0.39, 0.29) is 5.91 Å². The fourth-order valence-electron chi connectivity index (χ4n) is 1.86. The molecule has 0 atom stereocenters. The highest BCUT2D eigenvalue weighted by atomic mass is 79.9. The van der Waals surface area contributed by atoms with E-state index in [9.17, 15) is 4.79 Å². The van der Waals surface area contributed by atoms with Gasteiger partial charge >= 0.3 is 0 Å². The average Bonchev–Trinajstić information content (AvgIpc) is 2.33. The van der Waals surface area contributed by atoms with Gasteiger partial charge in [-0.05, 0) is 47.0 Å². The minimum Gasteiger partial charge on any atom is -0.321 e. The molecule has 3 nitrogen and oxygen atoms in total. The zero-order valence-corrected chi connectivity index (χ0v) is 12.8.